The Morgan fingerprint density at radius 2 is 0.904 bits per heavy atom. The first-order valence-corrected chi connectivity index (χ1v) is 44.2. The molecule has 2 saturated heterocycles. The third-order valence-electron chi connectivity index (χ3n) is 22.0. The Labute approximate surface area is 763 Å². The molecule has 6 amide bonds. The minimum atomic E-state index is -5.84. The van der Waals surface area contributed by atoms with Gasteiger partial charge in [0, 0.05) is 84.8 Å². The summed E-state index contributed by atoms with van der Waals surface area (Å²) in [4.78, 5) is 88.6. The van der Waals surface area contributed by atoms with E-state index in [1.807, 2.05) is 175 Å². The largest absolute Gasteiger partial charge is 1.00 e. The molecule has 0 aliphatic carbocycles. The Bertz CT molecular complexity index is 4530. The fourth-order valence-electron chi connectivity index (χ4n) is 14.4. The monoisotopic (exact) mass is 1760 g/mol. The number of ether oxygens (including phenoxy) is 6. The summed E-state index contributed by atoms with van der Waals surface area (Å²) >= 11 is 0. The Morgan fingerprint density at radius 3 is 1.33 bits per heavy atom. The number of piperidine rings is 1. The summed E-state index contributed by atoms with van der Waals surface area (Å²) in [6.07, 6.45) is 18.7. The van der Waals surface area contributed by atoms with Gasteiger partial charge in [-0.05, 0) is 214 Å². The molecule has 2 fully saturated rings. The minimum absolute atomic E-state index is 0. The topological polar surface area (TPSA) is 263 Å². The van der Waals surface area contributed by atoms with Crippen LogP contribution in [0.15, 0.2) is 197 Å². The van der Waals surface area contributed by atoms with Crippen molar-refractivity contribution in [2.45, 2.75) is 222 Å². The predicted molar refractivity (Wildman–Crippen MR) is 473 cm³/mol. The third-order valence-corrected chi connectivity index (χ3v) is 23.0. The van der Waals surface area contributed by atoms with Crippen LogP contribution in [0.4, 0.5) is 41.9 Å². The number of alkyl halides is 3. The summed E-state index contributed by atoms with van der Waals surface area (Å²) < 4.78 is 108. The first kappa shape index (κ1) is 103. The first-order chi connectivity index (χ1) is 58.2. The van der Waals surface area contributed by atoms with Gasteiger partial charge >= 0.3 is 88.9 Å². The van der Waals surface area contributed by atoms with Gasteiger partial charge in [0.2, 0.25) is 5.88 Å². The molecule has 25 nitrogen and oxygen atoms in total. The number of hydrogen-bond donors (Lipinski definition) is 1. The van der Waals surface area contributed by atoms with Gasteiger partial charge in [0.25, 0.3) is 0 Å². The van der Waals surface area contributed by atoms with Gasteiger partial charge in [-0.15, -0.1) is 0 Å². The van der Waals surface area contributed by atoms with Gasteiger partial charge in [-0.2, -0.15) is 21.6 Å². The maximum atomic E-state index is 12.8. The van der Waals surface area contributed by atoms with Gasteiger partial charge in [0.15, 0.2) is 0 Å². The number of hydrogen-bond acceptors (Lipinski definition) is 19. The van der Waals surface area contributed by atoms with Crippen molar-refractivity contribution in [2.75, 3.05) is 78.5 Å². The molecule has 9 aliphatic rings. The molecule has 13 rings (SSSR count). The van der Waals surface area contributed by atoms with Crippen LogP contribution in [0, 0.1) is 23.7 Å². The van der Waals surface area contributed by atoms with Crippen molar-refractivity contribution >= 4 is 67.9 Å². The van der Waals surface area contributed by atoms with E-state index < -0.39 is 45.9 Å². The van der Waals surface area contributed by atoms with Crippen molar-refractivity contribution in [1.82, 2.24) is 34.7 Å². The van der Waals surface area contributed by atoms with Crippen LogP contribution < -0.4 is 34.9 Å². The van der Waals surface area contributed by atoms with Crippen LogP contribution in [-0.2, 0) is 78.5 Å². The number of nitrogens with zero attached hydrogens (tertiary/aromatic N) is 7. The van der Waals surface area contributed by atoms with E-state index in [1.165, 1.54) is 36.1 Å². The Balaban J connectivity index is 0.000000243. The van der Waals surface area contributed by atoms with E-state index in [9.17, 15) is 50.4 Å². The van der Waals surface area contributed by atoms with Gasteiger partial charge in [-0.25, -0.2) is 33.7 Å². The van der Waals surface area contributed by atoms with Gasteiger partial charge in [-0.3, -0.25) is 9.89 Å². The van der Waals surface area contributed by atoms with Crippen LogP contribution in [0.2, 0.25) is 0 Å². The molecule has 0 bridgehead atoms. The summed E-state index contributed by atoms with van der Waals surface area (Å²) in [7, 11) is -6.25. The van der Waals surface area contributed by atoms with E-state index in [4.69, 9.17) is 42.7 Å². The van der Waals surface area contributed by atoms with E-state index >= 15 is 0 Å². The summed E-state index contributed by atoms with van der Waals surface area (Å²) in [6, 6.07) is 39.4. The SMILES string of the molecule is CC1(C)OB(C2=CCCN(C(=O)OCc3ccccc3)C2)OC1(C)C.CC1CC=C(C2=CCCN(C(=O)OCc3ccccc3)C2)N(C(=O)OC(C)(C)C)C1.CC1CC=C(OS(=O)(=O)C(F)(F)F)N(C(=O)OC(C)(C)C)C1.CC1CCC(C2=CCCN(C(=O)OCc3ccccc3)C2)=NC1.C[C@H]1CC[C@H](C2=CCCN(C(=O)OCc3ccccc3)C2)NC1.[B].[H-].[Na+]. The van der Waals surface area contributed by atoms with Crippen molar-refractivity contribution in [3.8, 4) is 0 Å². The van der Waals surface area contributed by atoms with E-state index in [0.717, 1.165) is 121 Å². The second-order valence-electron chi connectivity index (χ2n) is 35.7. The number of rotatable bonds is 14. The number of amides is 6. The number of carbonyl (C=O) groups excluding carboxylic acids is 6. The summed E-state index contributed by atoms with van der Waals surface area (Å²) in [6.45, 7) is 35.6. The summed E-state index contributed by atoms with van der Waals surface area (Å²) in [5.41, 5.74) is 2.75. The molecule has 9 aliphatic heterocycles. The maximum absolute atomic E-state index is 12.8. The van der Waals surface area contributed by atoms with Crippen molar-refractivity contribution in [3.05, 3.63) is 214 Å². The molecular weight excluding hydrogens is 1630 g/mol. The fraction of sp³-hybridized carbons (Fsp3) is 0.538. The van der Waals surface area contributed by atoms with Gasteiger partial charge < -0.3 is 68.3 Å². The minimum Gasteiger partial charge on any atom is -1.00 e. The number of benzene rings is 4. The quantitative estimate of drug-likeness (QED) is 0.0404. The smallest absolute Gasteiger partial charge is 1.00 e. The zero-order chi connectivity index (χ0) is 89.3. The normalized spacial score (nSPS) is 21.2. The third kappa shape index (κ3) is 32.8. The number of allylic oxidation sites excluding steroid dienone is 2. The molecule has 4 aromatic carbocycles. The second-order valence-corrected chi connectivity index (χ2v) is 37.2. The Morgan fingerprint density at radius 1 is 0.504 bits per heavy atom. The Hall–Kier alpha value is -8.84. The van der Waals surface area contributed by atoms with Crippen LogP contribution in [-0.4, -0.2) is 208 Å². The molecular formula is C93H127B2F3N8NaO17S. The Kier molecular flexibility index (Phi) is 39.5. The fourth-order valence-corrected chi connectivity index (χ4v) is 14.9. The standard InChI is InChI=1S/C24H32N2O4.C19H26BNO4.C19H26N2O2.C19H24N2O2.C12H18F3NO5S.B.Na.H/c1-18-12-13-21(26(15-18)23(28)30-24(2,3)4)20-11-8-14-25(16-20)22(27)29-17-19-9-6-5-7-10-19;1-18(2)19(3,4)25-20(24-18)16-11-8-12-21(13-16)17(22)23-14-15-9-6-5-7-10-15;2*1-15-9-10-18(20-12-15)17-8-5-11-21(13-17)19(22)23-14-16-6-3-2-4-7-16;1-8-5-6-9(21-22(18,19)12(13,14)15)16(7-8)10(17)20-11(2,3)4;;;/h5-7,9-11,13,18H,8,12,14-17H2,1-4H3;5-7,9-11H,8,12-14H2,1-4H3;2-4,6-8,15,18,20H,5,9-14H2,1H3;2-4,6-8,15H,5,9-14H2,1H3;6,8H,5,7H2,1-4H3;;;/q;;;;;;+1;-1/t;;15-,18+;;;;;/m..0...../s1. The molecule has 0 aromatic heterocycles. The molecule has 5 atom stereocenters. The van der Waals surface area contributed by atoms with Crippen LogP contribution in [0.5, 0.6) is 0 Å². The summed E-state index contributed by atoms with van der Waals surface area (Å²) in [5.74, 6) is 1.02. The number of carbonyl (C=O) groups is 6. The van der Waals surface area contributed by atoms with Crippen molar-refractivity contribution in [1.29, 1.82) is 0 Å². The van der Waals surface area contributed by atoms with Crippen molar-refractivity contribution in [2.24, 2.45) is 28.7 Å². The number of nitrogens with one attached hydrogen (secondary N) is 1. The van der Waals surface area contributed by atoms with Crippen LogP contribution in [0.3, 0.4) is 0 Å². The van der Waals surface area contributed by atoms with Crippen molar-refractivity contribution in [3.63, 3.8) is 0 Å². The maximum Gasteiger partial charge on any atom is 1.00 e. The summed E-state index contributed by atoms with van der Waals surface area (Å²) in [5, 5.41) is 3.61. The van der Waals surface area contributed by atoms with Gasteiger partial charge in [0.1, 0.15) is 37.6 Å². The number of halogens is 3. The molecule has 9 heterocycles. The molecule has 675 valence electrons. The van der Waals surface area contributed by atoms with Crippen LogP contribution in [0.25, 0.3) is 0 Å². The predicted octanol–water partition coefficient (Wildman–Crippen LogP) is 15.6. The van der Waals surface area contributed by atoms with E-state index in [2.05, 4.69) is 60.7 Å². The van der Waals surface area contributed by atoms with E-state index in [1.54, 1.807) is 47.3 Å². The zero-order valence-corrected chi connectivity index (χ0v) is 78.4. The number of aliphatic imine (C=N–C) groups is 1. The average Bonchev–Trinajstić information content (AvgIpc) is 1.63. The molecule has 32 heteroatoms. The molecule has 1 N–H and O–H groups in total. The first-order valence-electron chi connectivity index (χ1n) is 42.8. The van der Waals surface area contributed by atoms with Crippen LogP contribution in [0.1, 0.15) is 185 Å². The van der Waals surface area contributed by atoms with E-state index in [0.29, 0.717) is 76.9 Å². The molecule has 0 spiro atoms. The van der Waals surface area contributed by atoms with Gasteiger partial charge in [-0.1, -0.05) is 179 Å². The van der Waals surface area contributed by atoms with Crippen LogP contribution >= 0.6 is 0 Å². The molecule has 3 radical (unpaired) electrons. The molecule has 3 unspecified atom stereocenters. The molecule has 0 saturated carbocycles. The van der Waals surface area contributed by atoms with E-state index in [-0.39, 0.29) is 113 Å². The molecule has 4 aromatic rings. The second kappa shape index (κ2) is 47.8. The molecule has 125 heavy (non-hydrogen) atoms. The van der Waals surface area contributed by atoms with Gasteiger partial charge in [0.05, 0.1) is 24.3 Å². The zero-order valence-electron chi connectivity index (χ0n) is 76.6. The average molecular weight is 1760 g/mol. The van der Waals surface area contributed by atoms with Crippen molar-refractivity contribution < 1.29 is 123 Å².